The summed E-state index contributed by atoms with van der Waals surface area (Å²) in [5.74, 6) is -0.926. The molecular formula is C19H22N2O4S. The molecule has 0 spiro atoms. The molecule has 0 bridgehead atoms. The van der Waals surface area contributed by atoms with E-state index in [-0.39, 0.29) is 24.3 Å². The van der Waals surface area contributed by atoms with Crippen LogP contribution in [0.1, 0.15) is 35.8 Å². The first-order valence-electron chi connectivity index (χ1n) is 8.76. The fourth-order valence-corrected chi connectivity index (χ4v) is 3.47. The molecule has 3 rings (SSSR count). The molecule has 1 aliphatic heterocycles. The molecule has 7 heteroatoms. The molecule has 0 unspecified atom stereocenters. The van der Waals surface area contributed by atoms with E-state index in [2.05, 4.69) is 17.2 Å². The van der Waals surface area contributed by atoms with Gasteiger partial charge in [0.25, 0.3) is 5.91 Å². The van der Waals surface area contributed by atoms with Crippen LogP contribution in [0.5, 0.6) is 0 Å². The Labute approximate surface area is 156 Å². The van der Waals surface area contributed by atoms with Crippen LogP contribution in [0, 0.1) is 0 Å². The highest BCUT2D eigenvalue weighted by atomic mass is 32.1. The summed E-state index contributed by atoms with van der Waals surface area (Å²) in [6, 6.07) is 8.08. The van der Waals surface area contributed by atoms with E-state index in [1.807, 2.05) is 24.3 Å². The summed E-state index contributed by atoms with van der Waals surface area (Å²) in [6.07, 6.45) is 3.00. The van der Waals surface area contributed by atoms with Crippen LogP contribution in [-0.2, 0) is 20.7 Å². The van der Waals surface area contributed by atoms with E-state index in [1.54, 1.807) is 5.38 Å². The number of hydrogen-bond acceptors (Lipinski definition) is 6. The fraction of sp³-hybridized carbons (Fsp3) is 0.421. The SMILES string of the molecule is CCc1ccc(-c2nc(C(=O)OCC(=O)NC[C@@H]3CCCO3)cs2)cc1. The second kappa shape index (κ2) is 8.91. The minimum atomic E-state index is -0.593. The molecule has 138 valence electrons. The number of esters is 1. The molecule has 1 fully saturated rings. The number of amides is 1. The molecule has 1 aromatic heterocycles. The van der Waals surface area contributed by atoms with E-state index in [4.69, 9.17) is 9.47 Å². The van der Waals surface area contributed by atoms with Gasteiger partial charge in [-0.2, -0.15) is 0 Å². The highest BCUT2D eigenvalue weighted by molar-refractivity contribution is 7.13. The zero-order valence-electron chi connectivity index (χ0n) is 14.7. The molecule has 0 radical (unpaired) electrons. The van der Waals surface area contributed by atoms with Crippen LogP contribution in [0.3, 0.4) is 0 Å². The van der Waals surface area contributed by atoms with Crippen molar-refractivity contribution in [3.63, 3.8) is 0 Å². The number of thiazole rings is 1. The van der Waals surface area contributed by atoms with Gasteiger partial charge in [0, 0.05) is 24.1 Å². The Balaban J connectivity index is 1.48. The van der Waals surface area contributed by atoms with E-state index in [9.17, 15) is 9.59 Å². The van der Waals surface area contributed by atoms with Crippen molar-refractivity contribution in [2.75, 3.05) is 19.8 Å². The molecule has 1 aromatic carbocycles. The number of carbonyl (C=O) groups excluding carboxylic acids is 2. The van der Waals surface area contributed by atoms with Crippen LogP contribution in [-0.4, -0.2) is 42.7 Å². The van der Waals surface area contributed by atoms with E-state index >= 15 is 0 Å². The molecule has 2 heterocycles. The Morgan fingerprint density at radius 1 is 1.35 bits per heavy atom. The Kier molecular flexibility index (Phi) is 6.35. The molecule has 1 N–H and O–H groups in total. The minimum absolute atomic E-state index is 0.0647. The van der Waals surface area contributed by atoms with Crippen LogP contribution in [0.25, 0.3) is 10.6 Å². The van der Waals surface area contributed by atoms with Gasteiger partial charge in [-0.3, -0.25) is 4.79 Å². The van der Waals surface area contributed by atoms with Crippen molar-refractivity contribution < 1.29 is 19.1 Å². The van der Waals surface area contributed by atoms with Gasteiger partial charge in [0.05, 0.1) is 6.10 Å². The summed E-state index contributed by atoms with van der Waals surface area (Å²) in [5, 5.41) is 5.12. The third kappa shape index (κ3) is 4.89. The second-order valence-electron chi connectivity index (χ2n) is 6.10. The van der Waals surface area contributed by atoms with Crippen LogP contribution in [0.4, 0.5) is 0 Å². The van der Waals surface area contributed by atoms with Gasteiger partial charge >= 0.3 is 5.97 Å². The fourth-order valence-electron chi connectivity index (χ4n) is 2.67. The molecule has 0 saturated carbocycles. The molecule has 1 atom stereocenters. The van der Waals surface area contributed by atoms with Gasteiger partial charge in [0.15, 0.2) is 12.3 Å². The molecule has 0 aliphatic carbocycles. The van der Waals surface area contributed by atoms with Crippen molar-refractivity contribution in [3.05, 3.63) is 40.9 Å². The third-order valence-electron chi connectivity index (χ3n) is 4.21. The Morgan fingerprint density at radius 3 is 2.85 bits per heavy atom. The molecule has 1 amide bonds. The van der Waals surface area contributed by atoms with Crippen molar-refractivity contribution in [1.29, 1.82) is 0 Å². The van der Waals surface area contributed by atoms with E-state index in [0.29, 0.717) is 6.54 Å². The number of nitrogens with one attached hydrogen (secondary N) is 1. The highest BCUT2D eigenvalue weighted by Gasteiger charge is 2.18. The number of ether oxygens (including phenoxy) is 2. The number of benzene rings is 1. The van der Waals surface area contributed by atoms with Gasteiger partial charge in [-0.15, -0.1) is 11.3 Å². The predicted molar refractivity (Wildman–Crippen MR) is 99.2 cm³/mol. The van der Waals surface area contributed by atoms with Crippen molar-refractivity contribution in [3.8, 4) is 10.6 Å². The van der Waals surface area contributed by atoms with Gasteiger partial charge in [0.1, 0.15) is 5.01 Å². The summed E-state index contributed by atoms with van der Waals surface area (Å²) < 4.78 is 10.5. The lowest BCUT2D eigenvalue weighted by atomic mass is 10.1. The summed E-state index contributed by atoms with van der Waals surface area (Å²) in [5.41, 5.74) is 2.43. The topological polar surface area (TPSA) is 77.5 Å². The maximum atomic E-state index is 12.1. The summed E-state index contributed by atoms with van der Waals surface area (Å²) in [4.78, 5) is 28.1. The maximum Gasteiger partial charge on any atom is 0.358 e. The Hall–Kier alpha value is -2.25. The van der Waals surface area contributed by atoms with Crippen LogP contribution >= 0.6 is 11.3 Å². The van der Waals surface area contributed by atoms with Gasteiger partial charge < -0.3 is 14.8 Å². The van der Waals surface area contributed by atoms with Gasteiger partial charge in [-0.25, -0.2) is 9.78 Å². The molecule has 2 aromatic rings. The Morgan fingerprint density at radius 2 is 2.15 bits per heavy atom. The molecule has 1 saturated heterocycles. The first-order valence-corrected chi connectivity index (χ1v) is 9.64. The van der Waals surface area contributed by atoms with Crippen LogP contribution in [0.2, 0.25) is 0 Å². The summed E-state index contributed by atoms with van der Waals surface area (Å²) >= 11 is 1.38. The predicted octanol–water partition coefficient (Wildman–Crippen LogP) is 2.82. The zero-order valence-corrected chi connectivity index (χ0v) is 15.5. The van der Waals surface area contributed by atoms with Gasteiger partial charge in [-0.1, -0.05) is 31.2 Å². The van der Waals surface area contributed by atoms with Crippen molar-refractivity contribution in [2.45, 2.75) is 32.3 Å². The van der Waals surface area contributed by atoms with Gasteiger partial charge in [0.2, 0.25) is 0 Å². The first kappa shape index (κ1) is 18.5. The summed E-state index contributed by atoms with van der Waals surface area (Å²) in [6.45, 7) is 2.97. The normalized spacial score (nSPS) is 16.4. The smallest absolute Gasteiger partial charge is 0.358 e. The monoisotopic (exact) mass is 374 g/mol. The van der Waals surface area contributed by atoms with Crippen LogP contribution < -0.4 is 5.32 Å². The maximum absolute atomic E-state index is 12.1. The lowest BCUT2D eigenvalue weighted by Crippen LogP contribution is -2.34. The zero-order chi connectivity index (χ0) is 18.4. The molecule has 6 nitrogen and oxygen atoms in total. The quantitative estimate of drug-likeness (QED) is 0.754. The Bertz CT molecular complexity index is 751. The second-order valence-corrected chi connectivity index (χ2v) is 6.96. The lowest BCUT2D eigenvalue weighted by Gasteiger charge is -2.10. The van der Waals surface area contributed by atoms with E-state index < -0.39 is 5.97 Å². The number of rotatable bonds is 7. The number of aromatic nitrogens is 1. The van der Waals surface area contributed by atoms with Crippen LogP contribution in [0.15, 0.2) is 29.6 Å². The number of hydrogen-bond donors (Lipinski definition) is 1. The molecule has 26 heavy (non-hydrogen) atoms. The molecular weight excluding hydrogens is 352 g/mol. The standard InChI is InChI=1S/C19H22N2O4S/c1-2-13-5-7-14(8-6-13)18-21-16(12-26-18)19(23)25-11-17(22)20-10-15-4-3-9-24-15/h5-8,12,15H,2-4,9-11H2,1H3,(H,20,22)/t15-/m0/s1. The average molecular weight is 374 g/mol. The van der Waals surface area contributed by atoms with Gasteiger partial charge in [-0.05, 0) is 24.8 Å². The lowest BCUT2D eigenvalue weighted by molar-refractivity contribution is -0.124. The largest absolute Gasteiger partial charge is 0.451 e. The first-order chi connectivity index (χ1) is 12.7. The number of carbonyl (C=O) groups is 2. The van der Waals surface area contributed by atoms with E-state index in [0.717, 1.165) is 36.4 Å². The number of nitrogens with zero attached hydrogens (tertiary/aromatic N) is 1. The van der Waals surface area contributed by atoms with Crippen molar-refractivity contribution in [1.82, 2.24) is 10.3 Å². The summed E-state index contributed by atoms with van der Waals surface area (Å²) in [7, 11) is 0. The molecule has 1 aliphatic rings. The third-order valence-corrected chi connectivity index (χ3v) is 5.10. The average Bonchev–Trinajstić information content (AvgIpc) is 3.36. The van der Waals surface area contributed by atoms with Crippen molar-refractivity contribution >= 4 is 23.2 Å². The van der Waals surface area contributed by atoms with E-state index in [1.165, 1.54) is 16.9 Å². The van der Waals surface area contributed by atoms with Crippen molar-refractivity contribution in [2.24, 2.45) is 0 Å². The highest BCUT2D eigenvalue weighted by Crippen LogP contribution is 2.24. The number of aryl methyl sites for hydroxylation is 1. The minimum Gasteiger partial charge on any atom is -0.451 e.